The smallest absolute Gasteiger partial charge is 0.220 e. The maximum absolute atomic E-state index is 13.1. The van der Waals surface area contributed by atoms with Gasteiger partial charge in [0.2, 0.25) is 5.91 Å². The van der Waals surface area contributed by atoms with Crippen LogP contribution in [0.2, 0.25) is 0 Å². The molecule has 0 aromatic rings. The summed E-state index contributed by atoms with van der Waals surface area (Å²) in [5.41, 5.74) is 0. The monoisotopic (exact) mass is 1090 g/mol. The third-order valence-electron chi connectivity index (χ3n) is 16.2. The molecule has 7 atom stereocenters. The second-order valence-corrected chi connectivity index (χ2v) is 23.6. The highest BCUT2D eigenvalue weighted by Crippen LogP contribution is 2.23. The fraction of sp³-hybridized carbons (Fsp3) is 0.897. The number of aliphatic hydroxyl groups excluding tert-OH is 5. The second kappa shape index (κ2) is 57.6. The maximum atomic E-state index is 13.1. The van der Waals surface area contributed by atoms with Gasteiger partial charge in [0.25, 0.3) is 0 Å². The Kier molecular flexibility index (Phi) is 55.0. The van der Waals surface area contributed by atoms with E-state index in [1.54, 1.807) is 6.08 Å². The van der Waals surface area contributed by atoms with Crippen LogP contribution in [0.1, 0.15) is 335 Å². The van der Waals surface area contributed by atoms with Crippen molar-refractivity contribution >= 4 is 5.91 Å². The molecule has 0 bridgehead atoms. The number of carbonyl (C=O) groups is 1. The van der Waals surface area contributed by atoms with Gasteiger partial charge in [0.15, 0.2) is 6.29 Å². The zero-order chi connectivity index (χ0) is 55.8. The summed E-state index contributed by atoms with van der Waals surface area (Å²) in [5.74, 6) is -0.185. The Balaban J connectivity index is 2.07. The van der Waals surface area contributed by atoms with E-state index in [-0.39, 0.29) is 12.5 Å². The van der Waals surface area contributed by atoms with Crippen molar-refractivity contribution in [3.8, 4) is 0 Å². The molecule has 1 rings (SSSR count). The molecule has 9 heteroatoms. The molecule has 77 heavy (non-hydrogen) atoms. The first kappa shape index (κ1) is 73.4. The lowest BCUT2D eigenvalue weighted by Gasteiger charge is -2.40. The summed E-state index contributed by atoms with van der Waals surface area (Å²) < 4.78 is 11.3. The number of aliphatic hydroxyl groups is 5. The van der Waals surface area contributed by atoms with Crippen LogP contribution in [-0.4, -0.2) is 87.5 Å². The van der Waals surface area contributed by atoms with Crippen LogP contribution in [-0.2, 0) is 14.3 Å². The van der Waals surface area contributed by atoms with Gasteiger partial charge in [0, 0.05) is 6.42 Å². The summed E-state index contributed by atoms with van der Waals surface area (Å²) in [5, 5.41) is 54.5. The zero-order valence-electron chi connectivity index (χ0n) is 50.7. The highest BCUT2D eigenvalue weighted by molar-refractivity contribution is 5.76. The minimum absolute atomic E-state index is 0.185. The molecule has 1 saturated heterocycles. The average molecular weight is 1090 g/mol. The van der Waals surface area contributed by atoms with Crippen molar-refractivity contribution < 1.29 is 39.8 Å². The molecule has 0 aromatic carbocycles. The Bertz CT molecular complexity index is 1310. The van der Waals surface area contributed by atoms with Crippen LogP contribution in [0.15, 0.2) is 36.5 Å². The van der Waals surface area contributed by atoms with Crippen molar-refractivity contribution in [1.82, 2.24) is 5.32 Å². The van der Waals surface area contributed by atoms with E-state index < -0.39 is 49.5 Å². The largest absolute Gasteiger partial charge is 0.394 e. The van der Waals surface area contributed by atoms with E-state index in [0.29, 0.717) is 6.42 Å². The van der Waals surface area contributed by atoms with E-state index in [9.17, 15) is 30.3 Å². The van der Waals surface area contributed by atoms with Crippen LogP contribution in [0.4, 0.5) is 0 Å². The molecule has 7 unspecified atom stereocenters. The van der Waals surface area contributed by atoms with Gasteiger partial charge in [-0.3, -0.25) is 4.79 Å². The second-order valence-electron chi connectivity index (χ2n) is 23.6. The number of hydrogen-bond donors (Lipinski definition) is 6. The minimum atomic E-state index is -1.57. The third-order valence-corrected chi connectivity index (χ3v) is 16.2. The van der Waals surface area contributed by atoms with Crippen LogP contribution >= 0.6 is 0 Å². The number of allylic oxidation sites excluding steroid dienone is 5. The van der Waals surface area contributed by atoms with Gasteiger partial charge in [-0.15, -0.1) is 0 Å². The van der Waals surface area contributed by atoms with Crippen LogP contribution in [0.25, 0.3) is 0 Å². The number of carbonyl (C=O) groups excluding carboxylic acids is 1. The SMILES string of the molecule is CCCCCCCCC/C=C/CC/C=C/CC/C=C/C(O)C(COC1OC(CO)C(O)C(O)C1O)NC(=O)CCCCCCCCCCCCCCCCCCCCCCCCCCCCCCCCCCCCCCC. The van der Waals surface area contributed by atoms with Gasteiger partial charge in [0.05, 0.1) is 25.4 Å². The van der Waals surface area contributed by atoms with Gasteiger partial charge < -0.3 is 40.3 Å². The lowest BCUT2D eigenvalue weighted by molar-refractivity contribution is -0.302. The summed E-state index contributed by atoms with van der Waals surface area (Å²) >= 11 is 0. The van der Waals surface area contributed by atoms with E-state index in [1.165, 1.54) is 270 Å². The standard InChI is InChI=1S/C68H129NO8/c1-3-5-7-9-11-13-15-17-19-21-22-23-24-25-26-27-28-29-30-31-32-33-34-35-36-37-38-39-40-42-44-46-48-50-52-54-56-58-64(72)69-61(60-76-68-67(75)66(74)65(73)63(59-70)77-68)62(71)57-55-53-51-49-47-45-43-41-20-18-16-14-12-10-8-6-4-2/h20,41,47,49,55,57,61-63,65-68,70-71,73-75H,3-19,21-40,42-46,48,50-54,56,58-60H2,1-2H3,(H,69,72)/b41-20+,49-47+,57-55+. The molecule has 1 aliphatic heterocycles. The molecule has 1 aliphatic rings. The number of rotatable bonds is 59. The number of hydrogen-bond acceptors (Lipinski definition) is 8. The summed E-state index contributed by atoms with van der Waals surface area (Å²) in [6.45, 7) is 3.79. The lowest BCUT2D eigenvalue weighted by atomic mass is 9.99. The molecule has 1 heterocycles. The molecule has 6 N–H and O–H groups in total. The first-order chi connectivity index (χ1) is 37.8. The average Bonchev–Trinajstić information content (AvgIpc) is 3.43. The summed E-state index contributed by atoms with van der Waals surface area (Å²) in [7, 11) is 0. The van der Waals surface area contributed by atoms with Crippen molar-refractivity contribution in [3.63, 3.8) is 0 Å². The van der Waals surface area contributed by atoms with E-state index in [4.69, 9.17) is 9.47 Å². The molecule has 1 fully saturated rings. The molecule has 0 aliphatic carbocycles. The predicted molar refractivity (Wildman–Crippen MR) is 327 cm³/mol. The quantitative estimate of drug-likeness (QED) is 0.0261. The Morgan fingerprint density at radius 2 is 0.740 bits per heavy atom. The van der Waals surface area contributed by atoms with Crippen LogP contribution < -0.4 is 5.32 Å². The lowest BCUT2D eigenvalue weighted by Crippen LogP contribution is -2.60. The summed E-state index contributed by atoms with van der Waals surface area (Å²) in [6, 6.07) is -0.827. The van der Waals surface area contributed by atoms with Crippen LogP contribution in [0.5, 0.6) is 0 Å². The number of amides is 1. The Labute approximate surface area is 476 Å². The van der Waals surface area contributed by atoms with Gasteiger partial charge in [-0.1, -0.05) is 320 Å². The highest BCUT2D eigenvalue weighted by atomic mass is 16.7. The normalized spacial score (nSPS) is 18.9. The van der Waals surface area contributed by atoms with Gasteiger partial charge in [-0.05, 0) is 44.9 Å². The van der Waals surface area contributed by atoms with Crippen molar-refractivity contribution in [2.45, 2.75) is 378 Å². The Morgan fingerprint density at radius 1 is 0.429 bits per heavy atom. The first-order valence-electron chi connectivity index (χ1n) is 33.7. The van der Waals surface area contributed by atoms with Gasteiger partial charge in [-0.2, -0.15) is 0 Å². The fourth-order valence-electron chi connectivity index (χ4n) is 10.9. The summed E-state index contributed by atoms with van der Waals surface area (Å²) in [6.07, 6.45) is 69.8. The number of nitrogens with one attached hydrogen (secondary N) is 1. The van der Waals surface area contributed by atoms with Crippen molar-refractivity contribution in [2.24, 2.45) is 0 Å². The predicted octanol–water partition coefficient (Wildman–Crippen LogP) is 17.9. The van der Waals surface area contributed by atoms with Crippen molar-refractivity contribution in [3.05, 3.63) is 36.5 Å². The maximum Gasteiger partial charge on any atom is 0.220 e. The van der Waals surface area contributed by atoms with E-state index >= 15 is 0 Å². The van der Waals surface area contributed by atoms with E-state index in [0.717, 1.165) is 44.9 Å². The van der Waals surface area contributed by atoms with Gasteiger partial charge >= 0.3 is 0 Å². The molecular weight excluding hydrogens is 959 g/mol. The Hall–Kier alpha value is -1.59. The van der Waals surface area contributed by atoms with Gasteiger partial charge in [0.1, 0.15) is 24.4 Å². The van der Waals surface area contributed by atoms with E-state index in [1.807, 2.05) is 6.08 Å². The molecular formula is C68H129NO8. The fourth-order valence-corrected chi connectivity index (χ4v) is 10.9. The topological polar surface area (TPSA) is 149 Å². The first-order valence-corrected chi connectivity index (χ1v) is 33.7. The van der Waals surface area contributed by atoms with E-state index in [2.05, 4.69) is 43.5 Å². The van der Waals surface area contributed by atoms with Crippen LogP contribution in [0.3, 0.4) is 0 Å². The summed E-state index contributed by atoms with van der Waals surface area (Å²) in [4.78, 5) is 13.1. The molecule has 9 nitrogen and oxygen atoms in total. The molecule has 0 aromatic heterocycles. The number of unbranched alkanes of at least 4 members (excludes halogenated alkanes) is 45. The van der Waals surface area contributed by atoms with Gasteiger partial charge in [-0.25, -0.2) is 0 Å². The molecule has 0 radical (unpaired) electrons. The number of ether oxygens (including phenoxy) is 2. The third kappa shape index (κ3) is 46.7. The minimum Gasteiger partial charge on any atom is -0.394 e. The molecule has 0 saturated carbocycles. The van der Waals surface area contributed by atoms with Crippen LogP contribution in [0, 0.1) is 0 Å². The molecule has 1 amide bonds. The zero-order valence-corrected chi connectivity index (χ0v) is 50.7. The highest BCUT2D eigenvalue weighted by Gasteiger charge is 2.44. The Morgan fingerprint density at radius 3 is 1.09 bits per heavy atom. The molecule has 454 valence electrons. The molecule has 0 spiro atoms. The van der Waals surface area contributed by atoms with Crippen molar-refractivity contribution in [2.75, 3.05) is 13.2 Å². The van der Waals surface area contributed by atoms with Crippen molar-refractivity contribution in [1.29, 1.82) is 0 Å².